The third-order valence-corrected chi connectivity index (χ3v) is 2.35. The number of carboxylic acid groups (broad SMARTS) is 1. The summed E-state index contributed by atoms with van der Waals surface area (Å²) >= 11 is 0. The maximum Gasteiger partial charge on any atom is 0.319 e. The number of carbonyl (C=O) groups excluding carboxylic acids is 2. The van der Waals surface area contributed by atoms with E-state index in [-0.39, 0.29) is 0 Å². The summed E-state index contributed by atoms with van der Waals surface area (Å²) in [6.45, 7) is 3.32. The highest BCUT2D eigenvalue weighted by molar-refractivity contribution is 5.92. The summed E-state index contributed by atoms with van der Waals surface area (Å²) in [5.74, 6) is -1.32. The molecule has 2 amide bonds. The Labute approximate surface area is 99.8 Å². The maximum atomic E-state index is 11.5. The van der Waals surface area contributed by atoms with Crippen molar-refractivity contribution < 1.29 is 14.7 Å². The van der Waals surface area contributed by atoms with Crippen molar-refractivity contribution in [1.82, 2.24) is 5.32 Å². The molecule has 1 rings (SSSR count). The lowest BCUT2D eigenvalue weighted by Gasteiger charge is -2.16. The summed E-state index contributed by atoms with van der Waals surface area (Å²) < 4.78 is 0. The zero-order valence-electron chi connectivity index (χ0n) is 9.82. The predicted molar refractivity (Wildman–Crippen MR) is 62.4 cm³/mol. The van der Waals surface area contributed by atoms with Crippen molar-refractivity contribution >= 4 is 17.7 Å². The number of para-hydroxylation sites is 1. The highest BCUT2D eigenvalue weighted by atomic mass is 16.4. The summed E-state index contributed by atoms with van der Waals surface area (Å²) in [6.07, 6.45) is 0.784. The normalized spacial score (nSPS) is 11.6. The van der Waals surface area contributed by atoms with E-state index >= 15 is 0 Å². The van der Waals surface area contributed by atoms with Gasteiger partial charge in [-0.05, 0) is 25.0 Å². The zero-order chi connectivity index (χ0) is 12.8. The minimum Gasteiger partial charge on any atom is -0.548 e. The van der Waals surface area contributed by atoms with E-state index in [4.69, 9.17) is 0 Å². The monoisotopic (exact) mass is 235 g/mol. The molecule has 0 aliphatic carbocycles. The molecule has 92 valence electrons. The number of urea groups is 1. The van der Waals surface area contributed by atoms with Gasteiger partial charge in [0.25, 0.3) is 0 Å². The first-order chi connectivity index (χ1) is 8.04. The van der Waals surface area contributed by atoms with Crippen molar-refractivity contribution in [3.8, 4) is 0 Å². The van der Waals surface area contributed by atoms with E-state index in [9.17, 15) is 14.7 Å². The van der Waals surface area contributed by atoms with Gasteiger partial charge in [-0.25, -0.2) is 4.79 Å². The lowest BCUT2D eigenvalue weighted by atomic mass is 10.1. The van der Waals surface area contributed by atoms with E-state index in [1.165, 1.54) is 6.92 Å². The first-order valence-corrected chi connectivity index (χ1v) is 5.41. The maximum absolute atomic E-state index is 11.5. The van der Waals surface area contributed by atoms with Gasteiger partial charge < -0.3 is 20.5 Å². The molecular formula is C12H15N2O3-. The van der Waals surface area contributed by atoms with Crippen LogP contribution < -0.4 is 15.7 Å². The van der Waals surface area contributed by atoms with Crippen LogP contribution in [0.2, 0.25) is 0 Å². The van der Waals surface area contributed by atoms with E-state index in [2.05, 4.69) is 10.6 Å². The molecule has 17 heavy (non-hydrogen) atoms. The first-order valence-electron chi connectivity index (χ1n) is 5.41. The summed E-state index contributed by atoms with van der Waals surface area (Å²) in [5, 5.41) is 15.3. The number of nitrogens with one attached hydrogen (secondary N) is 2. The number of carbonyl (C=O) groups is 2. The summed E-state index contributed by atoms with van der Waals surface area (Å²) in [4.78, 5) is 21.9. The lowest BCUT2D eigenvalue weighted by molar-refractivity contribution is -0.307. The number of hydrogen-bond donors (Lipinski definition) is 2. The second kappa shape index (κ2) is 5.89. The average molecular weight is 235 g/mol. The third-order valence-electron chi connectivity index (χ3n) is 2.35. The molecule has 0 unspecified atom stereocenters. The standard InChI is InChI=1S/C12H16N2O3/c1-3-9-6-4-5-7-10(9)14-12(17)13-8(2)11(15)16/h4-8H,3H2,1-2H3,(H,15,16)(H2,13,14,17)/p-1/t8-/m0/s1. The van der Waals surface area contributed by atoms with E-state index < -0.39 is 18.0 Å². The van der Waals surface area contributed by atoms with E-state index in [0.29, 0.717) is 5.69 Å². The molecule has 0 heterocycles. The van der Waals surface area contributed by atoms with Crippen LogP contribution in [0.3, 0.4) is 0 Å². The SMILES string of the molecule is CCc1ccccc1NC(=O)N[C@@H](C)C(=O)[O-]. The van der Waals surface area contributed by atoms with Gasteiger partial charge in [0, 0.05) is 5.69 Å². The van der Waals surface area contributed by atoms with Crippen LogP contribution in [0, 0.1) is 0 Å². The number of aliphatic carboxylic acids is 1. The van der Waals surface area contributed by atoms with Crippen LogP contribution in [0.4, 0.5) is 10.5 Å². The smallest absolute Gasteiger partial charge is 0.319 e. The second-order valence-electron chi connectivity index (χ2n) is 3.65. The van der Waals surface area contributed by atoms with E-state index in [1.54, 1.807) is 12.1 Å². The topological polar surface area (TPSA) is 81.3 Å². The Morgan fingerprint density at radius 1 is 1.35 bits per heavy atom. The van der Waals surface area contributed by atoms with E-state index in [1.807, 2.05) is 19.1 Å². The van der Waals surface area contributed by atoms with Crippen LogP contribution in [-0.2, 0) is 11.2 Å². The van der Waals surface area contributed by atoms with Crippen LogP contribution >= 0.6 is 0 Å². The summed E-state index contributed by atoms with van der Waals surface area (Å²) in [7, 11) is 0. The molecule has 5 heteroatoms. The third kappa shape index (κ3) is 3.79. The van der Waals surface area contributed by atoms with Gasteiger partial charge in [-0.2, -0.15) is 0 Å². The number of benzene rings is 1. The molecule has 0 saturated carbocycles. The van der Waals surface area contributed by atoms with Crippen molar-refractivity contribution in [1.29, 1.82) is 0 Å². The molecule has 0 aromatic heterocycles. The van der Waals surface area contributed by atoms with Crippen LogP contribution in [0.1, 0.15) is 19.4 Å². The van der Waals surface area contributed by atoms with E-state index in [0.717, 1.165) is 12.0 Å². The van der Waals surface area contributed by atoms with Crippen molar-refractivity contribution in [2.75, 3.05) is 5.32 Å². The van der Waals surface area contributed by atoms with Crippen LogP contribution in [-0.4, -0.2) is 18.0 Å². The molecule has 5 nitrogen and oxygen atoms in total. The van der Waals surface area contributed by atoms with Crippen molar-refractivity contribution in [3.63, 3.8) is 0 Å². The molecule has 1 aromatic carbocycles. The number of hydrogen-bond acceptors (Lipinski definition) is 3. The fourth-order valence-electron chi connectivity index (χ4n) is 1.36. The number of anilines is 1. The molecule has 0 radical (unpaired) electrons. The fourth-order valence-corrected chi connectivity index (χ4v) is 1.36. The number of rotatable bonds is 4. The van der Waals surface area contributed by atoms with Crippen molar-refractivity contribution in [2.45, 2.75) is 26.3 Å². The average Bonchev–Trinajstić information content (AvgIpc) is 2.29. The molecule has 2 N–H and O–H groups in total. The summed E-state index contributed by atoms with van der Waals surface area (Å²) in [6, 6.07) is 5.77. The Morgan fingerprint density at radius 2 is 2.00 bits per heavy atom. The quantitative estimate of drug-likeness (QED) is 0.797. The van der Waals surface area contributed by atoms with Crippen molar-refractivity contribution in [3.05, 3.63) is 29.8 Å². The lowest BCUT2D eigenvalue weighted by Crippen LogP contribution is -2.47. The Bertz CT molecular complexity index is 418. The predicted octanol–water partition coefficient (Wildman–Crippen LogP) is 0.509. The molecule has 0 fully saturated rings. The van der Waals surface area contributed by atoms with Gasteiger partial charge in [-0.15, -0.1) is 0 Å². The highest BCUT2D eigenvalue weighted by Gasteiger charge is 2.09. The summed E-state index contributed by atoms with van der Waals surface area (Å²) in [5.41, 5.74) is 1.67. The van der Waals surface area contributed by atoms with Gasteiger partial charge in [0.15, 0.2) is 0 Å². The molecule has 1 atom stereocenters. The molecule has 0 saturated heterocycles. The molecular weight excluding hydrogens is 220 g/mol. The minimum atomic E-state index is -1.32. The fraction of sp³-hybridized carbons (Fsp3) is 0.333. The van der Waals surface area contributed by atoms with Gasteiger partial charge in [0.2, 0.25) is 0 Å². The van der Waals surface area contributed by atoms with Crippen LogP contribution in [0.25, 0.3) is 0 Å². The van der Waals surface area contributed by atoms with Crippen molar-refractivity contribution in [2.24, 2.45) is 0 Å². The van der Waals surface area contributed by atoms with Crippen LogP contribution in [0.15, 0.2) is 24.3 Å². The van der Waals surface area contributed by atoms with Gasteiger partial charge in [-0.1, -0.05) is 25.1 Å². The first kappa shape index (κ1) is 13.0. The van der Waals surface area contributed by atoms with Gasteiger partial charge in [0.1, 0.15) is 0 Å². The second-order valence-corrected chi connectivity index (χ2v) is 3.65. The van der Waals surface area contributed by atoms with Gasteiger partial charge in [-0.3, -0.25) is 0 Å². The minimum absolute atomic E-state index is 0.553. The molecule has 0 spiro atoms. The molecule has 0 bridgehead atoms. The highest BCUT2D eigenvalue weighted by Crippen LogP contribution is 2.14. The van der Waals surface area contributed by atoms with Crippen LogP contribution in [0.5, 0.6) is 0 Å². The molecule has 0 aliphatic rings. The Kier molecular flexibility index (Phi) is 4.51. The molecule has 1 aromatic rings. The van der Waals surface area contributed by atoms with Gasteiger partial charge in [0.05, 0.1) is 12.0 Å². The number of carboxylic acids is 1. The Hall–Kier alpha value is -2.04. The Morgan fingerprint density at radius 3 is 2.59 bits per heavy atom. The van der Waals surface area contributed by atoms with Gasteiger partial charge >= 0.3 is 6.03 Å². The number of amides is 2. The zero-order valence-corrected chi connectivity index (χ0v) is 9.82. The largest absolute Gasteiger partial charge is 0.548 e. The molecule has 0 aliphatic heterocycles. The number of aryl methyl sites for hydroxylation is 1. The Balaban J connectivity index is 2.65.